The van der Waals surface area contributed by atoms with Crippen LogP contribution in [-0.2, 0) is 4.84 Å². The Morgan fingerprint density at radius 2 is 1.82 bits per heavy atom. The highest BCUT2D eigenvalue weighted by atomic mass is 16.7. The van der Waals surface area contributed by atoms with Crippen LogP contribution < -0.4 is 4.74 Å². The molecule has 0 aliphatic carbocycles. The molecular formula is C16H14N2O4. The van der Waals surface area contributed by atoms with Gasteiger partial charge in [0.2, 0.25) is 6.10 Å². The van der Waals surface area contributed by atoms with Crippen molar-refractivity contribution < 1.29 is 14.5 Å². The van der Waals surface area contributed by atoms with Gasteiger partial charge in [-0.05, 0) is 24.3 Å². The SMILES string of the molecule is COc1ccc(C2=NO[C@H](c3ccccc3)[C@@H]2[N+](=O)[O-])cc1. The van der Waals surface area contributed by atoms with Crippen LogP contribution in [0.1, 0.15) is 17.2 Å². The van der Waals surface area contributed by atoms with Crippen LogP contribution in [0, 0.1) is 10.1 Å². The van der Waals surface area contributed by atoms with E-state index >= 15 is 0 Å². The molecule has 0 radical (unpaired) electrons. The fraction of sp³-hybridized carbons (Fsp3) is 0.188. The molecule has 6 nitrogen and oxygen atoms in total. The Hall–Kier alpha value is -2.89. The Morgan fingerprint density at radius 3 is 2.41 bits per heavy atom. The Bertz CT molecular complexity index is 698. The predicted molar refractivity (Wildman–Crippen MR) is 80.6 cm³/mol. The van der Waals surface area contributed by atoms with Crippen molar-refractivity contribution in [2.45, 2.75) is 12.1 Å². The monoisotopic (exact) mass is 298 g/mol. The van der Waals surface area contributed by atoms with Crippen molar-refractivity contribution in [2.24, 2.45) is 5.16 Å². The van der Waals surface area contributed by atoms with E-state index in [4.69, 9.17) is 9.57 Å². The van der Waals surface area contributed by atoms with Crippen LogP contribution in [0.5, 0.6) is 5.75 Å². The molecule has 0 fully saturated rings. The van der Waals surface area contributed by atoms with Crippen LogP contribution in [0.4, 0.5) is 0 Å². The van der Waals surface area contributed by atoms with Crippen LogP contribution >= 0.6 is 0 Å². The van der Waals surface area contributed by atoms with Gasteiger partial charge in [0.05, 0.1) is 7.11 Å². The van der Waals surface area contributed by atoms with Gasteiger partial charge in [-0.15, -0.1) is 0 Å². The fourth-order valence-corrected chi connectivity index (χ4v) is 2.45. The molecule has 0 N–H and O–H groups in total. The van der Waals surface area contributed by atoms with Gasteiger partial charge in [-0.3, -0.25) is 10.1 Å². The summed E-state index contributed by atoms with van der Waals surface area (Å²) in [5.74, 6) is 0.681. The minimum atomic E-state index is -1.03. The Labute approximate surface area is 127 Å². The lowest BCUT2D eigenvalue weighted by Gasteiger charge is -2.12. The van der Waals surface area contributed by atoms with Crippen LogP contribution in [0.3, 0.4) is 0 Å². The first-order chi connectivity index (χ1) is 10.7. The number of hydrogen-bond donors (Lipinski definition) is 0. The Kier molecular flexibility index (Phi) is 3.74. The molecule has 0 saturated heterocycles. The first-order valence-electron chi connectivity index (χ1n) is 6.77. The van der Waals surface area contributed by atoms with Gasteiger partial charge in [0.25, 0.3) is 0 Å². The predicted octanol–water partition coefficient (Wildman–Crippen LogP) is 2.82. The Morgan fingerprint density at radius 1 is 1.14 bits per heavy atom. The second kappa shape index (κ2) is 5.85. The number of methoxy groups -OCH3 is 1. The largest absolute Gasteiger partial charge is 0.497 e. The summed E-state index contributed by atoms with van der Waals surface area (Å²) in [5, 5.41) is 15.5. The van der Waals surface area contributed by atoms with Gasteiger partial charge in [-0.2, -0.15) is 0 Å². The Balaban J connectivity index is 1.93. The fourth-order valence-electron chi connectivity index (χ4n) is 2.45. The second-order valence-electron chi connectivity index (χ2n) is 4.87. The number of nitrogens with zero attached hydrogens (tertiary/aromatic N) is 2. The van der Waals surface area contributed by atoms with Gasteiger partial charge >= 0.3 is 6.04 Å². The quantitative estimate of drug-likeness (QED) is 0.642. The molecule has 0 amide bonds. The van der Waals surface area contributed by atoms with Crippen molar-refractivity contribution in [3.8, 4) is 5.75 Å². The number of hydrogen-bond acceptors (Lipinski definition) is 5. The van der Waals surface area contributed by atoms with E-state index in [1.807, 2.05) is 18.2 Å². The topological polar surface area (TPSA) is 74.0 Å². The van der Waals surface area contributed by atoms with E-state index < -0.39 is 12.1 Å². The van der Waals surface area contributed by atoms with Crippen molar-refractivity contribution in [2.75, 3.05) is 7.11 Å². The molecular weight excluding hydrogens is 284 g/mol. The maximum Gasteiger partial charge on any atom is 0.301 e. The van der Waals surface area contributed by atoms with Crippen molar-refractivity contribution in [3.63, 3.8) is 0 Å². The molecule has 0 bridgehead atoms. The van der Waals surface area contributed by atoms with Crippen LogP contribution in [0.25, 0.3) is 0 Å². The van der Waals surface area contributed by atoms with Gasteiger partial charge < -0.3 is 9.57 Å². The summed E-state index contributed by atoms with van der Waals surface area (Å²) in [5.41, 5.74) is 1.71. The molecule has 22 heavy (non-hydrogen) atoms. The first-order valence-corrected chi connectivity index (χ1v) is 6.77. The summed E-state index contributed by atoms with van der Waals surface area (Å²) in [6, 6.07) is 15.0. The smallest absolute Gasteiger partial charge is 0.301 e. The molecule has 0 aromatic heterocycles. The highest BCUT2D eigenvalue weighted by molar-refractivity contribution is 6.04. The molecule has 2 atom stereocenters. The van der Waals surface area contributed by atoms with Gasteiger partial charge in [0.15, 0.2) is 5.71 Å². The molecule has 1 heterocycles. The highest BCUT2D eigenvalue weighted by Gasteiger charge is 2.45. The summed E-state index contributed by atoms with van der Waals surface area (Å²) < 4.78 is 5.09. The lowest BCUT2D eigenvalue weighted by atomic mass is 9.95. The number of ether oxygens (including phenoxy) is 1. The molecule has 112 valence electrons. The number of oxime groups is 1. The summed E-state index contributed by atoms with van der Waals surface area (Å²) in [6.45, 7) is 0. The second-order valence-corrected chi connectivity index (χ2v) is 4.87. The maximum atomic E-state index is 11.5. The van der Waals surface area contributed by atoms with E-state index in [0.29, 0.717) is 17.0 Å². The van der Waals surface area contributed by atoms with E-state index in [1.165, 1.54) is 0 Å². The van der Waals surface area contributed by atoms with E-state index in [-0.39, 0.29) is 4.92 Å². The molecule has 6 heteroatoms. The summed E-state index contributed by atoms with van der Waals surface area (Å²) in [4.78, 5) is 16.5. The molecule has 3 rings (SSSR count). The zero-order chi connectivity index (χ0) is 15.5. The molecule has 0 unspecified atom stereocenters. The van der Waals surface area contributed by atoms with Gasteiger partial charge in [0, 0.05) is 16.1 Å². The average molecular weight is 298 g/mol. The first kappa shape index (κ1) is 14.1. The van der Waals surface area contributed by atoms with Crippen LogP contribution in [0.15, 0.2) is 59.8 Å². The summed E-state index contributed by atoms with van der Waals surface area (Å²) >= 11 is 0. The van der Waals surface area contributed by atoms with Gasteiger partial charge in [-0.25, -0.2) is 0 Å². The van der Waals surface area contributed by atoms with Gasteiger partial charge in [-0.1, -0.05) is 35.5 Å². The third kappa shape index (κ3) is 2.50. The molecule has 2 aromatic rings. The molecule has 1 aliphatic rings. The number of nitro groups is 1. The molecule has 1 aliphatic heterocycles. The maximum absolute atomic E-state index is 11.5. The lowest BCUT2D eigenvalue weighted by Crippen LogP contribution is -2.32. The molecule has 2 aromatic carbocycles. The van der Waals surface area contributed by atoms with Crippen molar-refractivity contribution in [1.82, 2.24) is 0 Å². The average Bonchev–Trinajstić information content (AvgIpc) is 3.01. The van der Waals surface area contributed by atoms with Gasteiger partial charge in [0.1, 0.15) is 5.75 Å². The van der Waals surface area contributed by atoms with Crippen molar-refractivity contribution in [3.05, 3.63) is 75.8 Å². The van der Waals surface area contributed by atoms with Crippen LogP contribution in [0.2, 0.25) is 0 Å². The lowest BCUT2D eigenvalue weighted by molar-refractivity contribution is -0.512. The highest BCUT2D eigenvalue weighted by Crippen LogP contribution is 2.32. The minimum absolute atomic E-state index is 0.321. The summed E-state index contributed by atoms with van der Waals surface area (Å²) in [7, 11) is 1.57. The standard InChI is InChI=1S/C16H14N2O4/c1-21-13-9-7-11(8-10-13)14-15(18(19)20)16(22-17-14)12-5-3-2-4-6-12/h2-10,15-16H,1H3/t15-,16-/m1/s1. The summed E-state index contributed by atoms with van der Waals surface area (Å²) in [6.07, 6.45) is -0.715. The zero-order valence-corrected chi connectivity index (χ0v) is 11.9. The third-order valence-corrected chi connectivity index (χ3v) is 3.57. The number of rotatable bonds is 4. The van der Waals surface area contributed by atoms with E-state index in [1.54, 1.807) is 43.5 Å². The zero-order valence-electron chi connectivity index (χ0n) is 11.9. The molecule has 0 saturated carbocycles. The minimum Gasteiger partial charge on any atom is -0.497 e. The van der Waals surface area contributed by atoms with Crippen molar-refractivity contribution in [1.29, 1.82) is 0 Å². The van der Waals surface area contributed by atoms with E-state index in [0.717, 1.165) is 5.56 Å². The number of benzene rings is 2. The van der Waals surface area contributed by atoms with E-state index in [2.05, 4.69) is 5.16 Å². The van der Waals surface area contributed by atoms with E-state index in [9.17, 15) is 10.1 Å². The van der Waals surface area contributed by atoms with Crippen LogP contribution in [-0.4, -0.2) is 23.8 Å². The normalized spacial score (nSPS) is 20.1. The van der Waals surface area contributed by atoms with Crippen molar-refractivity contribution >= 4 is 5.71 Å². The molecule has 0 spiro atoms. The third-order valence-electron chi connectivity index (χ3n) is 3.57.